The van der Waals surface area contributed by atoms with Gasteiger partial charge in [-0.05, 0) is 37.5 Å². The number of aryl methyl sites for hydroxylation is 1. The molecule has 3 N–H and O–H groups in total. The molecule has 1 aliphatic carbocycles. The fraction of sp³-hybridized carbons (Fsp3) is 0.381. The Morgan fingerprint density at radius 1 is 1.14 bits per heavy atom. The van der Waals surface area contributed by atoms with Crippen LogP contribution in [0, 0.1) is 12.3 Å². The van der Waals surface area contributed by atoms with Crippen molar-refractivity contribution in [2.75, 3.05) is 13.1 Å². The minimum atomic E-state index is -0.210. The second kappa shape index (κ2) is 7.14. The van der Waals surface area contributed by atoms with Gasteiger partial charge in [0.25, 0.3) is 5.91 Å². The highest BCUT2D eigenvalue weighted by Crippen LogP contribution is 2.48. The van der Waals surface area contributed by atoms with Gasteiger partial charge in [-0.2, -0.15) is 0 Å². The van der Waals surface area contributed by atoms with E-state index in [1.807, 2.05) is 36.1 Å². The first-order valence-electron chi connectivity index (χ1n) is 9.50. The van der Waals surface area contributed by atoms with Gasteiger partial charge in [0.15, 0.2) is 0 Å². The third kappa shape index (κ3) is 3.78. The van der Waals surface area contributed by atoms with Gasteiger partial charge < -0.3 is 20.5 Å². The van der Waals surface area contributed by atoms with Crippen molar-refractivity contribution >= 4 is 11.9 Å². The summed E-state index contributed by atoms with van der Waals surface area (Å²) in [5.74, 6) is 0.0840. The minimum absolute atomic E-state index is 0.0840. The van der Waals surface area contributed by atoms with Gasteiger partial charge in [-0.1, -0.05) is 23.8 Å². The number of carbonyl (C=O) groups excluding carboxylic acids is 2. The van der Waals surface area contributed by atoms with E-state index in [0.29, 0.717) is 6.54 Å². The summed E-state index contributed by atoms with van der Waals surface area (Å²) in [6.07, 6.45) is 3.39. The fourth-order valence-electron chi connectivity index (χ4n) is 4.10. The van der Waals surface area contributed by atoms with E-state index in [9.17, 15) is 14.4 Å². The van der Waals surface area contributed by atoms with Crippen LogP contribution in [0.15, 0.2) is 47.4 Å². The standard InChI is InChI=1S/C21H24N4O3/c1-14-2-5-16(6-3-14)19(27)25-12-21(13-25)8-17(9-21)24-20(28)23-11-15-4-7-18(26)22-10-15/h2-7,10,17H,8-9,11-13H2,1H3,(H,22,26)(H2,23,24,28). The van der Waals surface area contributed by atoms with Crippen molar-refractivity contribution in [3.05, 3.63) is 69.6 Å². The number of pyridine rings is 1. The Morgan fingerprint density at radius 3 is 2.50 bits per heavy atom. The van der Waals surface area contributed by atoms with Crippen molar-refractivity contribution in [2.24, 2.45) is 5.41 Å². The van der Waals surface area contributed by atoms with E-state index in [0.717, 1.165) is 42.6 Å². The molecule has 2 fully saturated rings. The number of carbonyl (C=O) groups is 2. The Kier molecular flexibility index (Phi) is 4.66. The number of amides is 3. The number of rotatable bonds is 4. The summed E-state index contributed by atoms with van der Waals surface area (Å²) in [6.45, 7) is 3.89. The number of aromatic amines is 1. The Hall–Kier alpha value is -3.09. The van der Waals surface area contributed by atoms with Crippen LogP contribution in [0.3, 0.4) is 0 Å². The van der Waals surface area contributed by atoms with Crippen LogP contribution < -0.4 is 16.2 Å². The molecule has 146 valence electrons. The SMILES string of the molecule is Cc1ccc(C(=O)N2CC3(CC(NC(=O)NCc4ccc(=O)[nH]c4)C3)C2)cc1. The fourth-order valence-corrected chi connectivity index (χ4v) is 4.10. The van der Waals surface area contributed by atoms with Gasteiger partial charge in [0.1, 0.15) is 0 Å². The smallest absolute Gasteiger partial charge is 0.315 e. The Labute approximate surface area is 163 Å². The number of H-pyrrole nitrogens is 1. The summed E-state index contributed by atoms with van der Waals surface area (Å²) >= 11 is 0. The Balaban J connectivity index is 1.18. The summed E-state index contributed by atoms with van der Waals surface area (Å²) in [4.78, 5) is 40.0. The molecule has 2 aromatic rings. The molecule has 1 saturated carbocycles. The molecule has 2 aliphatic rings. The van der Waals surface area contributed by atoms with Crippen LogP contribution in [-0.4, -0.2) is 41.0 Å². The summed E-state index contributed by atoms with van der Waals surface area (Å²) < 4.78 is 0. The molecule has 0 radical (unpaired) electrons. The van der Waals surface area contributed by atoms with Gasteiger partial charge in [0, 0.05) is 48.9 Å². The van der Waals surface area contributed by atoms with Crippen molar-refractivity contribution in [1.82, 2.24) is 20.5 Å². The maximum absolute atomic E-state index is 12.5. The Bertz CT molecular complexity index is 916. The number of likely N-dealkylation sites (tertiary alicyclic amines) is 1. The van der Waals surface area contributed by atoms with Crippen LogP contribution in [0.2, 0.25) is 0 Å². The number of nitrogens with zero attached hydrogens (tertiary/aromatic N) is 1. The molecule has 1 aromatic carbocycles. The number of benzene rings is 1. The van der Waals surface area contributed by atoms with Crippen molar-refractivity contribution < 1.29 is 9.59 Å². The summed E-state index contributed by atoms with van der Waals surface area (Å²) in [5.41, 5.74) is 2.71. The maximum Gasteiger partial charge on any atom is 0.315 e. The maximum atomic E-state index is 12.5. The van der Waals surface area contributed by atoms with Crippen molar-refractivity contribution in [1.29, 1.82) is 0 Å². The van der Waals surface area contributed by atoms with Gasteiger partial charge in [0.05, 0.1) is 0 Å². The number of aromatic nitrogens is 1. The molecular weight excluding hydrogens is 356 g/mol. The molecule has 4 rings (SSSR count). The third-order valence-corrected chi connectivity index (χ3v) is 5.63. The topological polar surface area (TPSA) is 94.3 Å². The van der Waals surface area contributed by atoms with Crippen molar-refractivity contribution in [2.45, 2.75) is 32.4 Å². The number of nitrogens with one attached hydrogen (secondary N) is 3. The summed E-state index contributed by atoms with van der Waals surface area (Å²) in [5, 5.41) is 5.78. The lowest BCUT2D eigenvalue weighted by molar-refractivity contribution is -0.0585. The van der Waals surface area contributed by atoms with Crippen LogP contribution in [-0.2, 0) is 6.54 Å². The largest absolute Gasteiger partial charge is 0.337 e. The molecule has 28 heavy (non-hydrogen) atoms. The number of urea groups is 1. The van der Waals surface area contributed by atoms with E-state index in [4.69, 9.17) is 0 Å². The monoisotopic (exact) mass is 380 g/mol. The lowest BCUT2D eigenvalue weighted by Gasteiger charge is -2.59. The molecule has 1 spiro atoms. The van der Waals surface area contributed by atoms with E-state index in [-0.39, 0.29) is 29.0 Å². The quantitative estimate of drug-likeness (QED) is 0.755. The van der Waals surface area contributed by atoms with Crippen LogP contribution in [0.5, 0.6) is 0 Å². The predicted octanol–water partition coefficient (Wildman–Crippen LogP) is 1.79. The zero-order valence-electron chi connectivity index (χ0n) is 15.8. The molecule has 1 aliphatic heterocycles. The number of hydrogen-bond donors (Lipinski definition) is 3. The molecule has 0 atom stereocenters. The van der Waals surface area contributed by atoms with E-state index in [2.05, 4.69) is 15.6 Å². The lowest BCUT2D eigenvalue weighted by atomic mass is 9.60. The molecule has 7 nitrogen and oxygen atoms in total. The molecule has 1 aromatic heterocycles. The number of hydrogen-bond acceptors (Lipinski definition) is 3. The van der Waals surface area contributed by atoms with Gasteiger partial charge in [-0.3, -0.25) is 9.59 Å². The molecule has 0 bridgehead atoms. The van der Waals surface area contributed by atoms with E-state index in [1.165, 1.54) is 6.07 Å². The average molecular weight is 380 g/mol. The molecular formula is C21H24N4O3. The first kappa shape index (κ1) is 18.3. The normalized spacial score (nSPS) is 17.5. The van der Waals surface area contributed by atoms with Gasteiger partial charge in [0.2, 0.25) is 5.56 Å². The highest BCUT2D eigenvalue weighted by Gasteiger charge is 2.54. The predicted molar refractivity (Wildman–Crippen MR) is 105 cm³/mol. The van der Waals surface area contributed by atoms with Crippen molar-refractivity contribution in [3.63, 3.8) is 0 Å². The van der Waals surface area contributed by atoms with Crippen LogP contribution >= 0.6 is 0 Å². The van der Waals surface area contributed by atoms with Crippen molar-refractivity contribution in [3.8, 4) is 0 Å². The molecule has 2 heterocycles. The van der Waals surface area contributed by atoms with Gasteiger partial charge in [-0.15, -0.1) is 0 Å². The Morgan fingerprint density at radius 2 is 1.86 bits per heavy atom. The summed E-state index contributed by atoms with van der Waals surface area (Å²) in [6, 6.07) is 10.7. The average Bonchev–Trinajstić information content (AvgIpc) is 2.62. The molecule has 3 amide bonds. The highest BCUT2D eigenvalue weighted by molar-refractivity contribution is 5.95. The van der Waals surface area contributed by atoms with Gasteiger partial charge >= 0.3 is 6.03 Å². The molecule has 7 heteroatoms. The van der Waals surface area contributed by atoms with E-state index < -0.39 is 0 Å². The second-order valence-corrected chi connectivity index (χ2v) is 8.02. The minimum Gasteiger partial charge on any atom is -0.337 e. The highest BCUT2D eigenvalue weighted by atomic mass is 16.2. The lowest BCUT2D eigenvalue weighted by Crippen LogP contribution is -2.67. The zero-order chi connectivity index (χ0) is 19.7. The van der Waals surface area contributed by atoms with Crippen LogP contribution in [0.4, 0.5) is 4.79 Å². The third-order valence-electron chi connectivity index (χ3n) is 5.63. The van der Waals surface area contributed by atoms with E-state index >= 15 is 0 Å². The second-order valence-electron chi connectivity index (χ2n) is 8.02. The first-order valence-corrected chi connectivity index (χ1v) is 9.50. The van der Waals surface area contributed by atoms with E-state index in [1.54, 1.807) is 12.3 Å². The van der Waals surface area contributed by atoms with Gasteiger partial charge in [-0.25, -0.2) is 4.79 Å². The first-order chi connectivity index (χ1) is 13.4. The molecule has 1 saturated heterocycles. The van der Waals surface area contributed by atoms with Crippen LogP contribution in [0.1, 0.15) is 34.3 Å². The zero-order valence-corrected chi connectivity index (χ0v) is 15.8. The summed E-state index contributed by atoms with van der Waals surface area (Å²) in [7, 11) is 0. The van der Waals surface area contributed by atoms with Crippen LogP contribution in [0.25, 0.3) is 0 Å². The molecule has 0 unspecified atom stereocenters.